The van der Waals surface area contributed by atoms with Crippen molar-refractivity contribution in [2.24, 2.45) is 0 Å². The fourth-order valence-electron chi connectivity index (χ4n) is 3.92. The average molecular weight is 472 g/mol. The van der Waals surface area contributed by atoms with Gasteiger partial charge in [0.1, 0.15) is 0 Å². The van der Waals surface area contributed by atoms with Gasteiger partial charge in [-0.2, -0.15) is 0 Å². The maximum Gasteiger partial charge on any atom is 0.282 e. The van der Waals surface area contributed by atoms with Gasteiger partial charge < -0.3 is 5.32 Å². The van der Waals surface area contributed by atoms with Gasteiger partial charge in [0.15, 0.2) is 16.3 Å². The Balaban J connectivity index is 1.65. The van der Waals surface area contributed by atoms with E-state index in [4.69, 9.17) is 11.6 Å². The van der Waals surface area contributed by atoms with Crippen molar-refractivity contribution in [2.75, 3.05) is 0 Å². The SMILES string of the molecule is CC[C@@H](Sc1nc2nccnc2c(=O)n1Cc1ccc(Cl)cc1)C(=O)NC1CCCCC1. The Labute approximate surface area is 196 Å². The number of amides is 1. The van der Waals surface area contributed by atoms with Gasteiger partial charge in [0, 0.05) is 23.5 Å². The fraction of sp³-hybridized carbons (Fsp3) is 0.435. The second kappa shape index (κ2) is 10.4. The van der Waals surface area contributed by atoms with Crippen LogP contribution in [0.5, 0.6) is 0 Å². The molecule has 0 aliphatic heterocycles. The van der Waals surface area contributed by atoms with Crippen LogP contribution in [0.1, 0.15) is 51.0 Å². The Kier molecular flexibility index (Phi) is 7.42. The molecule has 1 aromatic carbocycles. The molecule has 2 aromatic heterocycles. The number of benzene rings is 1. The maximum atomic E-state index is 13.3. The van der Waals surface area contributed by atoms with Crippen molar-refractivity contribution in [3.8, 4) is 0 Å². The summed E-state index contributed by atoms with van der Waals surface area (Å²) in [7, 11) is 0. The second-order valence-electron chi connectivity index (χ2n) is 8.00. The van der Waals surface area contributed by atoms with Crippen LogP contribution in [0.15, 0.2) is 46.6 Å². The molecule has 2 heterocycles. The lowest BCUT2D eigenvalue weighted by molar-refractivity contribution is -0.121. The van der Waals surface area contributed by atoms with E-state index in [9.17, 15) is 9.59 Å². The lowest BCUT2D eigenvalue weighted by Crippen LogP contribution is -2.41. The van der Waals surface area contributed by atoms with E-state index < -0.39 is 0 Å². The lowest BCUT2D eigenvalue weighted by atomic mass is 9.95. The Morgan fingerprint density at radius 1 is 1.19 bits per heavy atom. The number of thioether (sulfide) groups is 1. The number of rotatable bonds is 7. The number of fused-ring (bicyclic) bond motifs is 1. The molecule has 1 saturated carbocycles. The van der Waals surface area contributed by atoms with Gasteiger partial charge in [-0.15, -0.1) is 0 Å². The Bertz CT molecular complexity index is 1150. The van der Waals surface area contributed by atoms with Crippen LogP contribution in [-0.2, 0) is 11.3 Å². The molecule has 1 aliphatic carbocycles. The molecule has 0 saturated heterocycles. The van der Waals surface area contributed by atoms with E-state index in [2.05, 4.69) is 20.3 Å². The Hall–Kier alpha value is -2.45. The van der Waals surface area contributed by atoms with E-state index in [1.54, 1.807) is 16.7 Å². The smallest absolute Gasteiger partial charge is 0.282 e. The molecule has 7 nitrogen and oxygen atoms in total. The fourth-order valence-corrected chi connectivity index (χ4v) is 5.06. The average Bonchev–Trinajstić information content (AvgIpc) is 2.81. The van der Waals surface area contributed by atoms with Crippen molar-refractivity contribution >= 4 is 40.4 Å². The summed E-state index contributed by atoms with van der Waals surface area (Å²) < 4.78 is 1.57. The van der Waals surface area contributed by atoms with Crippen LogP contribution in [0.3, 0.4) is 0 Å². The van der Waals surface area contributed by atoms with E-state index in [1.165, 1.54) is 30.6 Å². The lowest BCUT2D eigenvalue weighted by Gasteiger charge is -2.25. The second-order valence-corrected chi connectivity index (χ2v) is 9.61. The normalized spacial score (nSPS) is 15.6. The zero-order valence-electron chi connectivity index (χ0n) is 18.0. The van der Waals surface area contributed by atoms with Crippen molar-refractivity contribution in [3.63, 3.8) is 0 Å². The quantitative estimate of drug-likeness (QED) is 0.410. The minimum Gasteiger partial charge on any atom is -0.352 e. The van der Waals surface area contributed by atoms with Crippen molar-refractivity contribution in [1.29, 1.82) is 0 Å². The molecule has 168 valence electrons. The number of nitrogens with one attached hydrogen (secondary N) is 1. The highest BCUT2D eigenvalue weighted by Gasteiger charge is 2.25. The summed E-state index contributed by atoms with van der Waals surface area (Å²) in [6.45, 7) is 2.28. The minimum atomic E-state index is -0.352. The molecule has 0 spiro atoms. The van der Waals surface area contributed by atoms with Gasteiger partial charge in [-0.1, -0.05) is 61.7 Å². The molecule has 3 aromatic rings. The molecule has 0 unspecified atom stereocenters. The summed E-state index contributed by atoms with van der Waals surface area (Å²) in [5.41, 5.74) is 1.13. The first kappa shape index (κ1) is 22.7. The third-order valence-corrected chi connectivity index (χ3v) is 7.28. The van der Waals surface area contributed by atoms with Crippen LogP contribution < -0.4 is 10.9 Å². The standard InChI is InChI=1S/C23H26ClN5O2S/c1-2-18(21(30)27-17-6-4-3-5-7-17)32-23-28-20-19(25-12-13-26-20)22(31)29(23)14-15-8-10-16(24)11-9-15/h8-13,17-18H,2-7,14H2,1H3,(H,27,30)/t18-/m1/s1. The van der Waals surface area contributed by atoms with Crippen molar-refractivity contribution in [3.05, 3.63) is 57.6 Å². The minimum absolute atomic E-state index is 0.00376. The molecule has 0 bridgehead atoms. The zero-order chi connectivity index (χ0) is 22.5. The molecule has 1 aliphatic rings. The predicted molar refractivity (Wildman–Crippen MR) is 127 cm³/mol. The maximum absolute atomic E-state index is 13.3. The van der Waals surface area contributed by atoms with Gasteiger partial charge in [0.25, 0.3) is 5.56 Å². The van der Waals surface area contributed by atoms with Crippen molar-refractivity contribution < 1.29 is 4.79 Å². The van der Waals surface area contributed by atoms with Gasteiger partial charge in [-0.3, -0.25) is 14.2 Å². The highest BCUT2D eigenvalue weighted by Crippen LogP contribution is 2.26. The molecule has 1 N–H and O–H groups in total. The third kappa shape index (κ3) is 5.30. The van der Waals surface area contributed by atoms with E-state index in [0.29, 0.717) is 23.1 Å². The van der Waals surface area contributed by atoms with Crippen LogP contribution in [0.4, 0.5) is 0 Å². The van der Waals surface area contributed by atoms with Gasteiger partial charge in [0.05, 0.1) is 11.8 Å². The van der Waals surface area contributed by atoms with E-state index in [0.717, 1.165) is 31.2 Å². The predicted octanol–water partition coefficient (Wildman–Crippen LogP) is 4.21. The summed E-state index contributed by atoms with van der Waals surface area (Å²) in [4.78, 5) is 39.3. The summed E-state index contributed by atoms with van der Waals surface area (Å²) in [6, 6.07) is 7.55. The molecular formula is C23H26ClN5O2S. The topological polar surface area (TPSA) is 89.8 Å². The van der Waals surface area contributed by atoms with Crippen LogP contribution >= 0.6 is 23.4 Å². The molecule has 9 heteroatoms. The summed E-state index contributed by atoms with van der Waals surface area (Å²) in [5.74, 6) is -0.00376. The van der Waals surface area contributed by atoms with Crippen LogP contribution in [0.25, 0.3) is 11.2 Å². The zero-order valence-corrected chi connectivity index (χ0v) is 19.5. The molecule has 1 amide bonds. The first-order chi connectivity index (χ1) is 15.5. The summed E-state index contributed by atoms with van der Waals surface area (Å²) in [6.07, 6.45) is 9.21. The number of carbonyl (C=O) groups excluding carboxylic acids is 1. The van der Waals surface area contributed by atoms with Gasteiger partial charge in [0.2, 0.25) is 5.91 Å². The first-order valence-electron chi connectivity index (χ1n) is 11.0. The van der Waals surface area contributed by atoms with E-state index in [1.807, 2.05) is 19.1 Å². The molecule has 32 heavy (non-hydrogen) atoms. The van der Waals surface area contributed by atoms with Crippen LogP contribution in [0.2, 0.25) is 5.02 Å². The highest BCUT2D eigenvalue weighted by atomic mass is 35.5. The summed E-state index contributed by atoms with van der Waals surface area (Å²) >= 11 is 7.32. The number of halogens is 1. The molecule has 4 rings (SSSR count). The largest absolute Gasteiger partial charge is 0.352 e. The Morgan fingerprint density at radius 2 is 1.91 bits per heavy atom. The highest BCUT2D eigenvalue weighted by molar-refractivity contribution is 8.00. The van der Waals surface area contributed by atoms with Gasteiger partial charge in [-0.25, -0.2) is 15.0 Å². The number of hydrogen-bond acceptors (Lipinski definition) is 6. The van der Waals surface area contributed by atoms with E-state index in [-0.39, 0.29) is 33.9 Å². The van der Waals surface area contributed by atoms with Crippen molar-refractivity contribution in [2.45, 2.75) is 68.4 Å². The van der Waals surface area contributed by atoms with Gasteiger partial charge >= 0.3 is 0 Å². The van der Waals surface area contributed by atoms with E-state index >= 15 is 0 Å². The third-order valence-electron chi connectivity index (χ3n) is 5.68. The molecular weight excluding hydrogens is 446 g/mol. The first-order valence-corrected chi connectivity index (χ1v) is 12.2. The monoisotopic (exact) mass is 471 g/mol. The number of nitrogens with zero attached hydrogens (tertiary/aromatic N) is 4. The number of aromatic nitrogens is 4. The molecule has 1 fully saturated rings. The van der Waals surface area contributed by atoms with Crippen LogP contribution in [-0.4, -0.2) is 36.7 Å². The summed E-state index contributed by atoms with van der Waals surface area (Å²) in [5, 5.41) is 3.94. The van der Waals surface area contributed by atoms with Gasteiger partial charge in [-0.05, 0) is 37.0 Å². The Morgan fingerprint density at radius 3 is 2.62 bits per heavy atom. The number of hydrogen-bond donors (Lipinski definition) is 1. The van der Waals surface area contributed by atoms with Crippen molar-refractivity contribution in [1.82, 2.24) is 24.8 Å². The number of carbonyl (C=O) groups is 1. The van der Waals surface area contributed by atoms with Crippen LogP contribution in [0, 0.1) is 0 Å². The molecule has 0 radical (unpaired) electrons. The molecule has 1 atom stereocenters.